The van der Waals surface area contributed by atoms with Crippen LogP contribution < -0.4 is 5.32 Å². The Morgan fingerprint density at radius 2 is 1.85 bits per heavy atom. The van der Waals surface area contributed by atoms with Crippen LogP contribution in [-0.2, 0) is 16.0 Å². The van der Waals surface area contributed by atoms with Crippen molar-refractivity contribution in [3.63, 3.8) is 0 Å². The van der Waals surface area contributed by atoms with E-state index in [1.165, 1.54) is 30.7 Å². The second-order valence-corrected chi connectivity index (χ2v) is 6.28. The molecule has 1 atom stereocenters. The third-order valence-corrected chi connectivity index (χ3v) is 4.17. The molecule has 0 heterocycles. The summed E-state index contributed by atoms with van der Waals surface area (Å²) in [5, 5.41) is 13.7. The number of carbonyl (C=O) groups excluding carboxylic acids is 2. The van der Waals surface area contributed by atoms with Crippen molar-refractivity contribution in [3.8, 4) is 0 Å². The highest BCUT2D eigenvalue weighted by molar-refractivity contribution is 5.93. The first-order valence-corrected chi connectivity index (χ1v) is 8.63. The van der Waals surface area contributed by atoms with Gasteiger partial charge in [-0.1, -0.05) is 36.4 Å². The molecule has 7 heteroatoms. The molecule has 2 rings (SSSR count). The number of carbonyl (C=O) groups is 2. The molecular formula is C20H22N2O5. The number of esters is 1. The zero-order valence-electron chi connectivity index (χ0n) is 15.3. The molecule has 0 aromatic heterocycles. The third kappa shape index (κ3) is 5.91. The van der Waals surface area contributed by atoms with E-state index in [9.17, 15) is 19.7 Å². The Morgan fingerprint density at radius 3 is 2.52 bits per heavy atom. The number of amides is 1. The molecular weight excluding hydrogens is 348 g/mol. The molecule has 1 amide bonds. The SMILES string of the molecule is Cc1c(C(=O)OCC(=O)N[C@H](C)CCc2ccccc2)cccc1[N+](=O)[O-]. The number of hydrogen-bond donors (Lipinski definition) is 1. The largest absolute Gasteiger partial charge is 0.452 e. The van der Waals surface area contributed by atoms with E-state index in [4.69, 9.17) is 4.74 Å². The van der Waals surface area contributed by atoms with Crippen molar-refractivity contribution >= 4 is 17.6 Å². The lowest BCUT2D eigenvalue weighted by molar-refractivity contribution is -0.385. The van der Waals surface area contributed by atoms with Gasteiger partial charge >= 0.3 is 5.97 Å². The minimum Gasteiger partial charge on any atom is -0.452 e. The molecule has 0 aliphatic heterocycles. The van der Waals surface area contributed by atoms with Gasteiger partial charge in [-0.05, 0) is 38.3 Å². The fraction of sp³-hybridized carbons (Fsp3) is 0.300. The molecule has 142 valence electrons. The molecule has 2 aromatic rings. The second-order valence-electron chi connectivity index (χ2n) is 6.28. The first kappa shape index (κ1) is 20.1. The van der Waals surface area contributed by atoms with E-state index in [1.54, 1.807) is 0 Å². The summed E-state index contributed by atoms with van der Waals surface area (Å²) in [5.41, 5.74) is 1.31. The van der Waals surface area contributed by atoms with Crippen molar-refractivity contribution in [2.24, 2.45) is 0 Å². The van der Waals surface area contributed by atoms with Crippen molar-refractivity contribution < 1.29 is 19.2 Å². The van der Waals surface area contributed by atoms with Crippen LogP contribution in [0.15, 0.2) is 48.5 Å². The van der Waals surface area contributed by atoms with Crippen LogP contribution in [0.2, 0.25) is 0 Å². The lowest BCUT2D eigenvalue weighted by atomic mass is 10.1. The Labute approximate surface area is 157 Å². The van der Waals surface area contributed by atoms with E-state index < -0.39 is 23.4 Å². The molecule has 0 fully saturated rings. The van der Waals surface area contributed by atoms with Crippen LogP contribution in [0.25, 0.3) is 0 Å². The molecule has 0 radical (unpaired) electrons. The van der Waals surface area contributed by atoms with Gasteiger partial charge in [0.2, 0.25) is 0 Å². The van der Waals surface area contributed by atoms with Crippen LogP contribution >= 0.6 is 0 Å². The first-order valence-electron chi connectivity index (χ1n) is 8.63. The molecule has 0 saturated carbocycles. The zero-order chi connectivity index (χ0) is 19.8. The van der Waals surface area contributed by atoms with Crippen molar-refractivity contribution in [1.29, 1.82) is 0 Å². The lowest BCUT2D eigenvalue weighted by Crippen LogP contribution is -2.36. The van der Waals surface area contributed by atoms with Gasteiger partial charge in [-0.15, -0.1) is 0 Å². The van der Waals surface area contributed by atoms with Crippen LogP contribution in [0.5, 0.6) is 0 Å². The van der Waals surface area contributed by atoms with Gasteiger partial charge in [-0.2, -0.15) is 0 Å². The predicted molar refractivity (Wildman–Crippen MR) is 100 cm³/mol. The number of aryl methyl sites for hydroxylation is 1. The summed E-state index contributed by atoms with van der Waals surface area (Å²) in [5.74, 6) is -1.17. The number of benzene rings is 2. The van der Waals surface area contributed by atoms with Gasteiger partial charge in [0, 0.05) is 17.7 Å². The summed E-state index contributed by atoms with van der Waals surface area (Å²) in [4.78, 5) is 34.5. The number of nitro groups is 1. The van der Waals surface area contributed by atoms with E-state index >= 15 is 0 Å². The molecule has 1 N–H and O–H groups in total. The van der Waals surface area contributed by atoms with Gasteiger partial charge in [0.25, 0.3) is 11.6 Å². The van der Waals surface area contributed by atoms with Gasteiger partial charge < -0.3 is 10.1 Å². The van der Waals surface area contributed by atoms with E-state index in [1.807, 2.05) is 37.3 Å². The van der Waals surface area contributed by atoms with Crippen LogP contribution in [0.4, 0.5) is 5.69 Å². The van der Waals surface area contributed by atoms with Crippen molar-refractivity contribution in [2.75, 3.05) is 6.61 Å². The summed E-state index contributed by atoms with van der Waals surface area (Å²) < 4.78 is 5.00. The smallest absolute Gasteiger partial charge is 0.339 e. The Bertz CT molecular complexity index is 820. The molecule has 7 nitrogen and oxygen atoms in total. The van der Waals surface area contributed by atoms with E-state index in [0.29, 0.717) is 0 Å². The number of nitro benzene ring substituents is 1. The highest BCUT2D eigenvalue weighted by Crippen LogP contribution is 2.21. The normalized spacial score (nSPS) is 11.5. The maximum atomic E-state index is 12.1. The summed E-state index contributed by atoms with van der Waals surface area (Å²) >= 11 is 0. The van der Waals surface area contributed by atoms with Crippen LogP contribution in [0.1, 0.15) is 34.8 Å². The van der Waals surface area contributed by atoms with Crippen molar-refractivity contribution in [3.05, 3.63) is 75.3 Å². The second kappa shape index (κ2) is 9.47. The molecule has 27 heavy (non-hydrogen) atoms. The topological polar surface area (TPSA) is 98.5 Å². The zero-order valence-corrected chi connectivity index (χ0v) is 15.3. The van der Waals surface area contributed by atoms with Gasteiger partial charge in [-0.3, -0.25) is 14.9 Å². The van der Waals surface area contributed by atoms with Gasteiger partial charge in [0.05, 0.1) is 10.5 Å². The fourth-order valence-corrected chi connectivity index (χ4v) is 2.67. The fourth-order valence-electron chi connectivity index (χ4n) is 2.67. The van der Waals surface area contributed by atoms with E-state index in [-0.39, 0.29) is 22.9 Å². The number of hydrogen-bond acceptors (Lipinski definition) is 5. The summed E-state index contributed by atoms with van der Waals surface area (Å²) in [6, 6.07) is 14.0. The standard InChI is InChI=1S/C20H22N2O5/c1-14(11-12-16-7-4-3-5-8-16)21-19(23)13-27-20(24)17-9-6-10-18(15(17)2)22(25)26/h3-10,14H,11-13H2,1-2H3,(H,21,23)/t14-/m1/s1. The van der Waals surface area contributed by atoms with Crippen molar-refractivity contribution in [1.82, 2.24) is 5.32 Å². The third-order valence-electron chi connectivity index (χ3n) is 4.17. The molecule has 2 aromatic carbocycles. The number of nitrogens with one attached hydrogen (secondary N) is 1. The quantitative estimate of drug-likeness (QED) is 0.437. The predicted octanol–water partition coefficient (Wildman–Crippen LogP) is 3.20. The minimum atomic E-state index is -0.761. The average molecular weight is 370 g/mol. The monoisotopic (exact) mass is 370 g/mol. The highest BCUT2D eigenvalue weighted by atomic mass is 16.6. The Balaban J connectivity index is 1.82. The average Bonchev–Trinajstić information content (AvgIpc) is 2.65. The van der Waals surface area contributed by atoms with E-state index in [2.05, 4.69) is 5.32 Å². The first-order chi connectivity index (χ1) is 12.9. The molecule has 0 unspecified atom stereocenters. The Morgan fingerprint density at radius 1 is 1.15 bits per heavy atom. The number of ether oxygens (including phenoxy) is 1. The number of rotatable bonds is 8. The molecule has 0 bridgehead atoms. The highest BCUT2D eigenvalue weighted by Gasteiger charge is 2.20. The summed E-state index contributed by atoms with van der Waals surface area (Å²) in [6.45, 7) is 2.92. The maximum absolute atomic E-state index is 12.1. The molecule has 0 saturated heterocycles. The minimum absolute atomic E-state index is 0.0732. The van der Waals surface area contributed by atoms with Gasteiger partial charge in [0.15, 0.2) is 6.61 Å². The molecule has 0 spiro atoms. The summed E-state index contributed by atoms with van der Waals surface area (Å²) in [7, 11) is 0. The van der Waals surface area contributed by atoms with Crippen molar-refractivity contribution in [2.45, 2.75) is 32.7 Å². The van der Waals surface area contributed by atoms with Gasteiger partial charge in [-0.25, -0.2) is 4.79 Å². The van der Waals surface area contributed by atoms with Gasteiger partial charge in [0.1, 0.15) is 0 Å². The van der Waals surface area contributed by atoms with E-state index in [0.717, 1.165) is 12.8 Å². The Kier molecular flexibility index (Phi) is 7.05. The van der Waals surface area contributed by atoms with Crippen LogP contribution in [-0.4, -0.2) is 29.4 Å². The summed E-state index contributed by atoms with van der Waals surface area (Å²) in [6.07, 6.45) is 1.59. The molecule has 0 aliphatic rings. The Hall–Kier alpha value is -3.22. The maximum Gasteiger partial charge on any atom is 0.339 e. The lowest BCUT2D eigenvalue weighted by Gasteiger charge is -2.14. The van der Waals surface area contributed by atoms with Crippen LogP contribution in [0.3, 0.4) is 0 Å². The molecule has 0 aliphatic carbocycles. The number of nitrogens with zero attached hydrogens (tertiary/aromatic N) is 1. The van der Waals surface area contributed by atoms with Crippen LogP contribution in [0, 0.1) is 17.0 Å².